The molecule has 1 fully saturated rings. The predicted molar refractivity (Wildman–Crippen MR) is 136 cm³/mol. The smallest absolute Gasteiger partial charge is 0.323 e. The van der Waals surface area contributed by atoms with Crippen LogP contribution in [0, 0.1) is 0 Å². The van der Waals surface area contributed by atoms with Gasteiger partial charge in [0.05, 0.1) is 48.8 Å². The van der Waals surface area contributed by atoms with E-state index in [1.165, 1.54) is 6.20 Å². The Morgan fingerprint density at radius 1 is 0.972 bits per heavy atom. The number of carbonyl (C=O) groups excluding carboxylic acids is 2. The highest BCUT2D eigenvalue weighted by Crippen LogP contribution is 2.19. The molecule has 0 aliphatic carbocycles. The summed E-state index contributed by atoms with van der Waals surface area (Å²) < 4.78 is 8.64. The van der Waals surface area contributed by atoms with Gasteiger partial charge in [0.25, 0.3) is 5.91 Å². The maximum absolute atomic E-state index is 12.8. The molecule has 2 aromatic heterocycles. The maximum atomic E-state index is 12.8. The monoisotopic (exact) mass is 486 g/mol. The number of nitrogens with zero attached hydrogens (tertiary/aromatic N) is 4. The van der Waals surface area contributed by atoms with Crippen LogP contribution in [0.25, 0.3) is 5.69 Å². The minimum absolute atomic E-state index is 0.246. The Bertz CT molecular complexity index is 1370. The zero-order valence-corrected chi connectivity index (χ0v) is 19.6. The van der Waals surface area contributed by atoms with Gasteiger partial charge in [-0.1, -0.05) is 12.1 Å². The zero-order chi connectivity index (χ0) is 24.9. The summed E-state index contributed by atoms with van der Waals surface area (Å²) in [5, 5.41) is 20.4. The third-order valence-electron chi connectivity index (χ3n) is 5.81. The number of methoxy groups -OCH3 is 1. The SMILES string of the molecule is COc1cccc(NC(=O)Nc2cnn(-c3cccc(C(=O)Nc4cnn(C5CCNC5)c4)c3)c2)c1. The molecule has 1 aliphatic heterocycles. The zero-order valence-electron chi connectivity index (χ0n) is 19.6. The summed E-state index contributed by atoms with van der Waals surface area (Å²) in [6, 6.07) is 14.0. The predicted octanol–water partition coefficient (Wildman–Crippen LogP) is 3.51. The molecule has 5 rings (SSSR count). The van der Waals surface area contributed by atoms with Crippen molar-refractivity contribution >= 4 is 29.0 Å². The van der Waals surface area contributed by atoms with Crippen molar-refractivity contribution in [3.63, 3.8) is 0 Å². The van der Waals surface area contributed by atoms with Gasteiger partial charge in [-0.3, -0.25) is 9.48 Å². The van der Waals surface area contributed by atoms with Crippen molar-refractivity contribution in [3.8, 4) is 11.4 Å². The van der Waals surface area contributed by atoms with Gasteiger partial charge in [-0.25, -0.2) is 9.48 Å². The quantitative estimate of drug-likeness (QED) is 0.317. The summed E-state index contributed by atoms with van der Waals surface area (Å²) in [7, 11) is 1.56. The second-order valence-electron chi connectivity index (χ2n) is 8.34. The van der Waals surface area contributed by atoms with E-state index in [1.54, 1.807) is 66.6 Å². The molecular weight excluding hydrogens is 460 g/mol. The molecule has 1 atom stereocenters. The van der Waals surface area contributed by atoms with Crippen molar-refractivity contribution in [1.82, 2.24) is 24.9 Å². The molecule has 0 bridgehead atoms. The first kappa shape index (κ1) is 23.1. The van der Waals surface area contributed by atoms with E-state index in [-0.39, 0.29) is 5.91 Å². The van der Waals surface area contributed by atoms with Crippen LogP contribution in [-0.2, 0) is 0 Å². The number of nitrogens with one attached hydrogen (secondary N) is 4. The first-order valence-electron chi connectivity index (χ1n) is 11.5. The fraction of sp³-hybridized carbons (Fsp3) is 0.200. The highest BCUT2D eigenvalue weighted by atomic mass is 16.5. The van der Waals surface area contributed by atoms with E-state index >= 15 is 0 Å². The molecule has 0 spiro atoms. The largest absolute Gasteiger partial charge is 0.497 e. The molecule has 184 valence electrons. The molecular formula is C25H26N8O3. The number of carbonyl (C=O) groups is 2. The lowest BCUT2D eigenvalue weighted by molar-refractivity contribution is 0.102. The molecule has 1 saturated heterocycles. The standard InChI is InChI=1S/C25H26N8O3/c1-36-23-7-3-5-18(11-23)30-25(35)31-20-13-27-32(16-20)21-6-2-4-17(10-21)24(34)29-19-12-28-33(15-19)22-8-9-26-14-22/h2-7,10-13,15-16,22,26H,8-9,14H2,1H3,(H,29,34)(H2,30,31,35). The van der Waals surface area contributed by atoms with Gasteiger partial charge in [0.2, 0.25) is 0 Å². The van der Waals surface area contributed by atoms with Gasteiger partial charge in [-0.2, -0.15) is 10.2 Å². The summed E-state index contributed by atoms with van der Waals surface area (Å²) in [6.07, 6.45) is 7.72. The Balaban J connectivity index is 1.22. The van der Waals surface area contributed by atoms with Crippen LogP contribution in [0.2, 0.25) is 0 Å². The van der Waals surface area contributed by atoms with Crippen LogP contribution in [0.3, 0.4) is 0 Å². The molecule has 36 heavy (non-hydrogen) atoms. The van der Waals surface area contributed by atoms with Gasteiger partial charge in [0.15, 0.2) is 0 Å². The van der Waals surface area contributed by atoms with Crippen LogP contribution in [0.1, 0.15) is 22.8 Å². The van der Waals surface area contributed by atoms with Crippen molar-refractivity contribution in [1.29, 1.82) is 0 Å². The Morgan fingerprint density at radius 2 is 1.78 bits per heavy atom. The van der Waals surface area contributed by atoms with E-state index in [0.717, 1.165) is 19.5 Å². The first-order chi connectivity index (χ1) is 17.6. The number of ether oxygens (including phenoxy) is 1. The molecule has 0 radical (unpaired) electrons. The van der Waals surface area contributed by atoms with E-state index in [9.17, 15) is 9.59 Å². The number of benzene rings is 2. The second kappa shape index (κ2) is 10.3. The van der Waals surface area contributed by atoms with E-state index in [4.69, 9.17) is 4.74 Å². The van der Waals surface area contributed by atoms with E-state index in [0.29, 0.717) is 40.1 Å². The minimum Gasteiger partial charge on any atom is -0.497 e. The normalized spacial score (nSPS) is 14.9. The van der Waals surface area contributed by atoms with Crippen molar-refractivity contribution in [2.45, 2.75) is 12.5 Å². The molecule has 4 N–H and O–H groups in total. The molecule has 1 aliphatic rings. The number of aromatic nitrogens is 4. The van der Waals surface area contributed by atoms with Crippen molar-refractivity contribution in [2.24, 2.45) is 0 Å². The number of anilines is 3. The third-order valence-corrected chi connectivity index (χ3v) is 5.81. The van der Waals surface area contributed by atoms with Crippen LogP contribution < -0.4 is 26.0 Å². The summed E-state index contributed by atoms with van der Waals surface area (Å²) in [4.78, 5) is 25.2. The van der Waals surface area contributed by atoms with Crippen LogP contribution in [-0.4, -0.2) is 51.7 Å². The van der Waals surface area contributed by atoms with Crippen LogP contribution in [0.5, 0.6) is 5.75 Å². The lowest BCUT2D eigenvalue weighted by Gasteiger charge is -2.08. The van der Waals surface area contributed by atoms with Crippen LogP contribution in [0.15, 0.2) is 73.3 Å². The summed E-state index contributed by atoms with van der Waals surface area (Å²) in [5.74, 6) is 0.397. The number of urea groups is 1. The van der Waals surface area contributed by atoms with Crippen LogP contribution in [0.4, 0.5) is 21.9 Å². The van der Waals surface area contributed by atoms with Crippen molar-refractivity contribution < 1.29 is 14.3 Å². The average molecular weight is 487 g/mol. The topological polar surface area (TPSA) is 127 Å². The number of hydrogen-bond acceptors (Lipinski definition) is 6. The Kier molecular flexibility index (Phi) is 6.63. The van der Waals surface area contributed by atoms with Gasteiger partial charge in [0.1, 0.15) is 5.75 Å². The lowest BCUT2D eigenvalue weighted by atomic mass is 10.2. The van der Waals surface area contributed by atoms with Crippen LogP contribution >= 0.6 is 0 Å². The molecule has 3 heterocycles. The number of amides is 3. The maximum Gasteiger partial charge on any atom is 0.323 e. The third kappa shape index (κ3) is 5.36. The Hall–Kier alpha value is -4.64. The van der Waals surface area contributed by atoms with E-state index in [2.05, 4.69) is 31.5 Å². The first-order valence-corrected chi connectivity index (χ1v) is 11.5. The highest BCUT2D eigenvalue weighted by molar-refractivity contribution is 6.04. The van der Waals surface area contributed by atoms with Crippen molar-refractivity contribution in [3.05, 3.63) is 78.9 Å². The van der Waals surface area contributed by atoms with Gasteiger partial charge >= 0.3 is 6.03 Å². The molecule has 11 nitrogen and oxygen atoms in total. The molecule has 0 saturated carbocycles. The van der Waals surface area contributed by atoms with Gasteiger partial charge < -0.3 is 26.0 Å². The molecule has 4 aromatic rings. The average Bonchev–Trinajstić information content (AvgIpc) is 3.66. The summed E-state index contributed by atoms with van der Waals surface area (Å²) >= 11 is 0. The highest BCUT2D eigenvalue weighted by Gasteiger charge is 2.18. The van der Waals surface area contributed by atoms with Gasteiger partial charge in [-0.15, -0.1) is 0 Å². The Morgan fingerprint density at radius 3 is 2.61 bits per heavy atom. The summed E-state index contributed by atoms with van der Waals surface area (Å²) in [6.45, 7) is 1.84. The fourth-order valence-corrected chi connectivity index (χ4v) is 3.98. The van der Waals surface area contributed by atoms with E-state index in [1.807, 2.05) is 16.9 Å². The molecule has 11 heteroatoms. The Labute approximate surface area is 207 Å². The second-order valence-corrected chi connectivity index (χ2v) is 8.34. The van der Waals surface area contributed by atoms with E-state index < -0.39 is 6.03 Å². The molecule has 1 unspecified atom stereocenters. The summed E-state index contributed by atoms with van der Waals surface area (Å²) in [5.41, 5.74) is 2.90. The van der Waals surface area contributed by atoms with Gasteiger partial charge in [-0.05, 0) is 43.3 Å². The van der Waals surface area contributed by atoms with Crippen molar-refractivity contribution in [2.75, 3.05) is 36.1 Å². The number of rotatable bonds is 7. The molecule has 2 aromatic carbocycles. The minimum atomic E-state index is -0.412. The fourth-order valence-electron chi connectivity index (χ4n) is 3.98. The molecule has 3 amide bonds. The lowest BCUT2D eigenvalue weighted by Crippen LogP contribution is -2.19. The number of hydrogen-bond donors (Lipinski definition) is 4. The van der Waals surface area contributed by atoms with Gasteiger partial charge in [0, 0.05) is 30.1 Å².